The molecule has 0 saturated carbocycles. The van der Waals surface area contributed by atoms with Crippen molar-refractivity contribution in [2.45, 2.75) is 125 Å². The molecule has 0 amide bonds. The van der Waals surface area contributed by atoms with Gasteiger partial charge < -0.3 is 14.4 Å². The smallest absolute Gasteiger partial charge is 0.0645 e. The summed E-state index contributed by atoms with van der Waals surface area (Å²) < 4.78 is 396. The molecule has 3 heterocycles. The van der Waals surface area contributed by atoms with Crippen LogP contribution in [-0.4, -0.2) is 4.57 Å². The van der Waals surface area contributed by atoms with Crippen LogP contribution in [0.25, 0.3) is 94.3 Å². The molecule has 3 nitrogen and oxygen atoms in total. The third-order valence-corrected chi connectivity index (χ3v) is 18.5. The van der Waals surface area contributed by atoms with E-state index in [0.29, 0.717) is 33.4 Å². The second kappa shape index (κ2) is 25.8. The summed E-state index contributed by atoms with van der Waals surface area (Å²) >= 11 is 0. The molecule has 0 fully saturated rings. The van der Waals surface area contributed by atoms with E-state index in [0.717, 1.165) is 37.6 Å². The van der Waals surface area contributed by atoms with Gasteiger partial charge in [-0.05, 0) is 231 Å². The second-order valence-corrected chi connectivity index (χ2v) is 26.8. The van der Waals surface area contributed by atoms with Crippen LogP contribution in [0.5, 0.6) is 0 Å². The summed E-state index contributed by atoms with van der Waals surface area (Å²) in [6.45, 7) is 23.3. The quantitative estimate of drug-likeness (QED) is 0.101. The summed E-state index contributed by atoms with van der Waals surface area (Å²) in [5.41, 5.74) is -12.6. The van der Waals surface area contributed by atoms with Gasteiger partial charge in [-0.1, -0.05) is 277 Å². The van der Waals surface area contributed by atoms with E-state index in [-0.39, 0.29) is 57.4 Å². The normalized spacial score (nSPS) is 18.5. The molecule has 0 atom stereocenters. The van der Waals surface area contributed by atoms with E-state index in [2.05, 4.69) is 0 Å². The van der Waals surface area contributed by atoms with E-state index in [4.69, 9.17) is 16.4 Å². The fourth-order valence-electron chi connectivity index (χ4n) is 13.6. The minimum atomic E-state index is -2.42. The molecule has 0 spiro atoms. The van der Waals surface area contributed by atoms with Gasteiger partial charge in [0.05, 0.1) is 94.3 Å². The Balaban J connectivity index is 1.24. The fraction of sp³-hybridized carbons (Fsp3) is 0.196. The van der Waals surface area contributed by atoms with Crippen molar-refractivity contribution in [1.82, 2.24) is 4.57 Å². The van der Waals surface area contributed by atoms with E-state index in [1.807, 2.05) is 107 Å². The number of benzene rings is 13. The Bertz CT molecular complexity index is 7280. The summed E-state index contributed by atoms with van der Waals surface area (Å²) in [5.74, 6) is -4.11. The van der Waals surface area contributed by atoms with Crippen LogP contribution in [0, 0.1) is 0 Å². The van der Waals surface area contributed by atoms with Gasteiger partial charge in [0.1, 0.15) is 0 Å². The molecule has 13 aromatic carbocycles. The van der Waals surface area contributed by atoms with Gasteiger partial charge in [0.25, 0.3) is 0 Å². The van der Waals surface area contributed by atoms with E-state index in [9.17, 15) is 38.4 Å². The molecule has 0 aliphatic carbocycles. The van der Waals surface area contributed by atoms with Crippen LogP contribution in [0.1, 0.15) is 229 Å². The van der Waals surface area contributed by atoms with Gasteiger partial charge in [0.15, 0.2) is 0 Å². The van der Waals surface area contributed by atoms with E-state index in [1.54, 1.807) is 0 Å². The highest BCUT2D eigenvalue weighted by molar-refractivity contribution is 6.13. The van der Waals surface area contributed by atoms with Gasteiger partial charge >= 0.3 is 0 Å². The number of nitrogens with zero attached hydrogens (tertiary/aromatic N) is 3. The first-order chi connectivity index (χ1) is 65.3. The number of hydrogen-bond donors (Lipinski definition) is 0. The van der Waals surface area contributed by atoms with Crippen molar-refractivity contribution < 1.29 is 54.8 Å². The zero-order valence-corrected chi connectivity index (χ0v) is 56.8. The van der Waals surface area contributed by atoms with Gasteiger partial charge in [-0.15, -0.1) is 0 Å². The third-order valence-electron chi connectivity index (χ3n) is 18.5. The van der Waals surface area contributed by atoms with Gasteiger partial charge in [0, 0.05) is 33.6 Å². The predicted octanol–water partition coefficient (Wildman–Crippen LogP) is 28.3. The van der Waals surface area contributed by atoms with Crippen LogP contribution < -0.4 is 9.80 Å². The van der Waals surface area contributed by atoms with Gasteiger partial charge in [-0.3, -0.25) is 0 Å². The first-order valence-electron chi connectivity index (χ1n) is 53.3. The molecule has 0 radical (unpaired) electrons. The lowest BCUT2D eigenvalue weighted by atomic mass is 9.74. The topological polar surface area (TPSA) is 11.4 Å². The van der Waals surface area contributed by atoms with Crippen LogP contribution in [0.15, 0.2) is 278 Å². The lowest BCUT2D eigenvalue weighted by Crippen LogP contribution is -2.29. The van der Waals surface area contributed by atoms with Crippen molar-refractivity contribution in [3.05, 3.63) is 328 Å². The maximum atomic E-state index is 11.2. The molecule has 1 aromatic heterocycles. The summed E-state index contributed by atoms with van der Waals surface area (Å²) in [5, 5.41) is -0.665. The number of aromatic nitrogens is 1. The summed E-state index contributed by atoms with van der Waals surface area (Å²) in [6.07, 6.45) is 0. The standard InChI is InChI=1S/C97H89N3/c1-59(2)75-53-80(61(5)6)94(81(54-75)62(7)8)73-39-47-88-84(51-73)85-52-74(95-82(63(9)10)55-76(60(3)4)56-83(95)64(11)12)40-48-89(85)100(88)79-57-92-97-93(58-79)99(78-43-35-70(36-44-78)66-27-19-14-20-28-66)91-46-38-72(68-31-23-16-24-32-68)50-87(91)96(97)86-49-71(67-29-21-15-22-30-67)37-45-90(86)98(92)77-41-33-69(34-42-77)65-25-17-13-18-26-65/h13-64,96H,1-12H3/i13D,14D,15D,16D,17D,18D,19D,20D,21D,22D,23D,24D,25D,26D,27D,28D,29D,30D,31D,32D,33D,34D,35D,36D,37D,38D,39D,40D,41D,42D,43D,44D,45D,46D,47D,48D,49D,50D,51D,52D. The van der Waals surface area contributed by atoms with E-state index < -0.39 is 360 Å². The Morgan fingerprint density at radius 2 is 0.570 bits per heavy atom. The molecule has 3 heteroatoms. The molecule has 0 bridgehead atoms. The highest BCUT2D eigenvalue weighted by atomic mass is 15.2. The number of rotatable bonds is 15. The van der Waals surface area contributed by atoms with Crippen molar-refractivity contribution in [2.24, 2.45) is 0 Å². The number of fused-ring (bicyclic) bond motifs is 7. The molecule has 2 aliphatic heterocycles. The fourth-order valence-corrected chi connectivity index (χ4v) is 13.6. The Morgan fingerprint density at radius 3 is 0.890 bits per heavy atom. The van der Waals surface area contributed by atoms with Crippen molar-refractivity contribution >= 4 is 55.9 Å². The second-order valence-electron chi connectivity index (χ2n) is 26.8. The van der Waals surface area contributed by atoms with Crippen molar-refractivity contribution in [3.8, 4) is 72.4 Å². The maximum Gasteiger partial charge on any atom is 0.0645 e. The van der Waals surface area contributed by atoms with Crippen LogP contribution in [0.2, 0.25) is 0 Å². The first kappa shape index (κ1) is 33.4. The van der Waals surface area contributed by atoms with Gasteiger partial charge in [0.2, 0.25) is 0 Å². The average Bonchev–Trinajstić information content (AvgIpc) is 0.956. The summed E-state index contributed by atoms with van der Waals surface area (Å²) in [7, 11) is 0. The Kier molecular flexibility index (Phi) is 8.63. The van der Waals surface area contributed by atoms with Crippen LogP contribution in [0.4, 0.5) is 34.1 Å². The van der Waals surface area contributed by atoms with Crippen molar-refractivity contribution in [1.29, 1.82) is 0 Å². The third kappa shape index (κ3) is 11.2. The van der Waals surface area contributed by atoms with Gasteiger partial charge in [-0.25, -0.2) is 0 Å². The van der Waals surface area contributed by atoms with Crippen molar-refractivity contribution in [3.63, 3.8) is 0 Å². The SMILES string of the molecule is [2H]c1c([2H])c([2H])c(-c2c([2H])c([2H])c(N3c4cc(-n5c6c([2H])c([2H])c(-c7c(C(C)C)cc(C(C)C)cc7C(C)C)c([2H])c6c6c([2H])c(-c7c(C(C)C)cc(C(C)C)cc7C(C)C)c([2H])c([2H])c65)cc5c4C(c4c([2H])c(-c6c([2H])c([2H])c([2H])c([2H])c6[2H])c([2H])c([2H])c43)c3c([2H])c(-c4c([2H])c([2H])c([2H])c([2H])c4[2H])c([2H])c([2H])c3N5c3c([2H])c([2H])c(-c4c([2H])c([2H])c([2H])c([2H])c4[2H])c([2H])c3[2H])c([2H])c2[2H])c([2H])c1[2H]. The average molecular weight is 1340 g/mol. The van der Waals surface area contributed by atoms with Gasteiger partial charge in [-0.2, -0.15) is 0 Å². The highest BCUT2D eigenvalue weighted by Crippen LogP contribution is 2.62. The molecule has 16 rings (SSSR count). The molecular formula is C97H89N3. The zero-order chi connectivity index (χ0) is 104. The Morgan fingerprint density at radius 1 is 0.270 bits per heavy atom. The van der Waals surface area contributed by atoms with E-state index >= 15 is 0 Å². The van der Waals surface area contributed by atoms with Crippen molar-refractivity contribution in [2.75, 3.05) is 9.80 Å². The molecular weight excluding hydrogens is 1210 g/mol. The van der Waals surface area contributed by atoms with Crippen LogP contribution >= 0.6 is 0 Å². The molecule has 492 valence electrons. The van der Waals surface area contributed by atoms with E-state index in [1.165, 1.54) is 0 Å². The zero-order valence-electron chi connectivity index (χ0n) is 96.8. The lowest BCUT2D eigenvalue weighted by Gasteiger charge is -2.45. The highest BCUT2D eigenvalue weighted by Gasteiger charge is 2.42. The summed E-state index contributed by atoms with van der Waals surface area (Å²) in [4.78, 5) is 1.47. The lowest BCUT2D eigenvalue weighted by molar-refractivity contribution is 0.807. The molecule has 14 aromatic rings. The Hall–Kier alpha value is -10.7. The first-order valence-corrected chi connectivity index (χ1v) is 33.3. The summed E-state index contributed by atoms with van der Waals surface area (Å²) in [6, 6.07) is -32.1. The monoisotopic (exact) mass is 1340 g/mol. The number of hydrogen-bond acceptors (Lipinski definition) is 2. The maximum absolute atomic E-state index is 11.2. The molecule has 2 aliphatic rings. The minimum Gasteiger partial charge on any atom is -0.310 e. The molecule has 100 heavy (non-hydrogen) atoms. The minimum absolute atomic E-state index is 0.0864. The largest absolute Gasteiger partial charge is 0.310 e. The molecule has 0 saturated heterocycles. The number of anilines is 6. The Labute approximate surface area is 648 Å². The predicted molar refractivity (Wildman–Crippen MR) is 428 cm³/mol. The van der Waals surface area contributed by atoms with Crippen LogP contribution in [0.3, 0.4) is 0 Å². The van der Waals surface area contributed by atoms with Crippen LogP contribution in [-0.2, 0) is 0 Å². The molecule has 0 unspecified atom stereocenters. The molecule has 0 N–H and O–H groups in total.